The predicted octanol–water partition coefficient (Wildman–Crippen LogP) is 2.19. The van der Waals surface area contributed by atoms with E-state index in [1.807, 2.05) is 42.1 Å². The van der Waals surface area contributed by atoms with Crippen LogP contribution in [0.3, 0.4) is 0 Å². The molecule has 0 aliphatic carbocycles. The van der Waals surface area contributed by atoms with E-state index in [0.717, 1.165) is 17.0 Å². The summed E-state index contributed by atoms with van der Waals surface area (Å²) >= 11 is 0. The van der Waals surface area contributed by atoms with Crippen molar-refractivity contribution in [2.24, 2.45) is 0 Å². The van der Waals surface area contributed by atoms with E-state index in [2.05, 4.69) is 5.10 Å². The van der Waals surface area contributed by atoms with E-state index in [1.165, 1.54) is 0 Å². The Hall–Kier alpha value is -1.77. The smallest absolute Gasteiger partial charge is 0.119 e. The molecule has 2 rings (SSSR count). The number of aromatic nitrogens is 2. The van der Waals surface area contributed by atoms with Gasteiger partial charge >= 0.3 is 0 Å². The van der Waals surface area contributed by atoms with E-state index < -0.39 is 0 Å². The summed E-state index contributed by atoms with van der Waals surface area (Å²) in [6.07, 6.45) is 3.69. The molecule has 0 bridgehead atoms. The van der Waals surface area contributed by atoms with Crippen LogP contribution < -0.4 is 4.74 Å². The molecule has 0 saturated carbocycles. The molecule has 3 heteroatoms. The molecule has 0 aliphatic rings. The molecule has 0 atom stereocenters. The third-order valence-electron chi connectivity index (χ3n) is 2.16. The number of benzene rings is 1. The van der Waals surface area contributed by atoms with Crippen LogP contribution >= 0.6 is 0 Å². The van der Waals surface area contributed by atoms with Crippen molar-refractivity contribution in [1.29, 1.82) is 0 Å². The van der Waals surface area contributed by atoms with Crippen molar-refractivity contribution in [3.05, 3.63) is 42.2 Å². The molecular formula is C11H12N2O. The van der Waals surface area contributed by atoms with Crippen molar-refractivity contribution >= 4 is 0 Å². The minimum atomic E-state index is 0.874. The lowest BCUT2D eigenvalue weighted by atomic mass is 10.2. The van der Waals surface area contributed by atoms with Gasteiger partial charge in [0.25, 0.3) is 0 Å². The van der Waals surface area contributed by atoms with Crippen molar-refractivity contribution in [2.45, 2.75) is 6.92 Å². The molecule has 0 fully saturated rings. The van der Waals surface area contributed by atoms with Gasteiger partial charge in [0.05, 0.1) is 12.8 Å². The van der Waals surface area contributed by atoms with Crippen LogP contribution in [0.5, 0.6) is 5.75 Å². The minimum absolute atomic E-state index is 0.874. The molecule has 0 aliphatic heterocycles. The summed E-state index contributed by atoms with van der Waals surface area (Å²) in [4.78, 5) is 0. The summed E-state index contributed by atoms with van der Waals surface area (Å²) in [7, 11) is 1.67. The van der Waals surface area contributed by atoms with Crippen LogP contribution in [0.1, 0.15) is 5.56 Å². The summed E-state index contributed by atoms with van der Waals surface area (Å²) in [5.41, 5.74) is 2.23. The standard InChI is InChI=1S/C11H12N2O/c1-9-8-10(14-2)4-5-11(9)13-7-3-6-12-13/h3-8H,1-2H3. The first-order chi connectivity index (χ1) is 6.81. The molecule has 1 aromatic heterocycles. The third-order valence-corrected chi connectivity index (χ3v) is 2.16. The lowest BCUT2D eigenvalue weighted by Gasteiger charge is -2.07. The van der Waals surface area contributed by atoms with Gasteiger partial charge in [0.2, 0.25) is 0 Å². The van der Waals surface area contributed by atoms with Gasteiger partial charge in [-0.15, -0.1) is 0 Å². The SMILES string of the molecule is COc1ccc(-n2cccn2)c(C)c1. The van der Waals surface area contributed by atoms with Gasteiger partial charge in [-0.1, -0.05) is 0 Å². The number of aryl methyl sites for hydroxylation is 1. The zero-order chi connectivity index (χ0) is 9.97. The highest BCUT2D eigenvalue weighted by molar-refractivity contribution is 5.44. The van der Waals surface area contributed by atoms with Gasteiger partial charge in [0.15, 0.2) is 0 Å². The van der Waals surface area contributed by atoms with Crippen molar-refractivity contribution in [3.63, 3.8) is 0 Å². The topological polar surface area (TPSA) is 27.1 Å². The highest BCUT2D eigenvalue weighted by Gasteiger charge is 2.01. The van der Waals surface area contributed by atoms with E-state index >= 15 is 0 Å². The predicted molar refractivity (Wildman–Crippen MR) is 54.9 cm³/mol. The molecule has 2 aromatic rings. The molecule has 0 unspecified atom stereocenters. The lowest BCUT2D eigenvalue weighted by molar-refractivity contribution is 0.414. The number of methoxy groups -OCH3 is 1. The minimum Gasteiger partial charge on any atom is -0.497 e. The average Bonchev–Trinajstić information content (AvgIpc) is 2.70. The fourth-order valence-corrected chi connectivity index (χ4v) is 1.42. The van der Waals surface area contributed by atoms with Crippen LogP contribution in [0.2, 0.25) is 0 Å². The Morgan fingerprint density at radius 1 is 1.36 bits per heavy atom. The lowest BCUT2D eigenvalue weighted by Crippen LogP contribution is -1.97. The van der Waals surface area contributed by atoms with Crippen molar-refractivity contribution in [1.82, 2.24) is 9.78 Å². The van der Waals surface area contributed by atoms with Crippen molar-refractivity contribution in [3.8, 4) is 11.4 Å². The quantitative estimate of drug-likeness (QED) is 0.722. The van der Waals surface area contributed by atoms with Crippen molar-refractivity contribution < 1.29 is 4.74 Å². The highest BCUT2D eigenvalue weighted by Crippen LogP contribution is 2.19. The average molecular weight is 188 g/mol. The summed E-state index contributed by atoms with van der Waals surface area (Å²) in [6.45, 7) is 2.04. The van der Waals surface area contributed by atoms with Crippen LogP contribution in [0, 0.1) is 6.92 Å². The molecule has 0 radical (unpaired) electrons. The second-order valence-corrected chi connectivity index (χ2v) is 3.10. The largest absolute Gasteiger partial charge is 0.497 e. The first kappa shape index (κ1) is 8.81. The number of hydrogen-bond donors (Lipinski definition) is 0. The zero-order valence-electron chi connectivity index (χ0n) is 8.27. The van der Waals surface area contributed by atoms with Crippen LogP contribution in [0.4, 0.5) is 0 Å². The molecule has 0 saturated heterocycles. The van der Waals surface area contributed by atoms with Crippen LogP contribution in [-0.2, 0) is 0 Å². The van der Waals surface area contributed by atoms with Gasteiger partial charge in [0.1, 0.15) is 5.75 Å². The maximum absolute atomic E-state index is 5.14. The molecule has 1 heterocycles. The Labute approximate surface area is 82.9 Å². The summed E-state index contributed by atoms with van der Waals surface area (Å²) in [5, 5.41) is 4.18. The summed E-state index contributed by atoms with van der Waals surface area (Å²) < 4.78 is 6.98. The van der Waals surface area contributed by atoms with Gasteiger partial charge in [-0.25, -0.2) is 4.68 Å². The van der Waals surface area contributed by atoms with E-state index in [-0.39, 0.29) is 0 Å². The monoisotopic (exact) mass is 188 g/mol. The highest BCUT2D eigenvalue weighted by atomic mass is 16.5. The Morgan fingerprint density at radius 3 is 2.79 bits per heavy atom. The van der Waals surface area contributed by atoms with Crippen LogP contribution in [0.25, 0.3) is 5.69 Å². The van der Waals surface area contributed by atoms with Crippen LogP contribution in [0.15, 0.2) is 36.7 Å². The molecule has 72 valence electrons. The van der Waals surface area contributed by atoms with Gasteiger partial charge in [-0.05, 0) is 36.8 Å². The van der Waals surface area contributed by atoms with E-state index in [1.54, 1.807) is 13.3 Å². The Bertz CT molecular complexity index is 421. The normalized spacial score (nSPS) is 10.1. The Kier molecular flexibility index (Phi) is 2.23. The Balaban J connectivity index is 2.46. The van der Waals surface area contributed by atoms with E-state index in [0.29, 0.717) is 0 Å². The number of ether oxygens (including phenoxy) is 1. The molecule has 0 spiro atoms. The third kappa shape index (κ3) is 1.48. The van der Waals surface area contributed by atoms with Crippen LogP contribution in [-0.4, -0.2) is 16.9 Å². The first-order valence-electron chi connectivity index (χ1n) is 4.46. The zero-order valence-corrected chi connectivity index (χ0v) is 8.27. The number of nitrogens with zero attached hydrogens (tertiary/aromatic N) is 2. The number of rotatable bonds is 2. The van der Waals surface area contributed by atoms with Gasteiger partial charge in [-0.3, -0.25) is 0 Å². The van der Waals surface area contributed by atoms with Gasteiger partial charge in [0, 0.05) is 12.4 Å². The fourth-order valence-electron chi connectivity index (χ4n) is 1.42. The molecular weight excluding hydrogens is 176 g/mol. The molecule has 14 heavy (non-hydrogen) atoms. The maximum atomic E-state index is 5.14. The second-order valence-electron chi connectivity index (χ2n) is 3.10. The maximum Gasteiger partial charge on any atom is 0.119 e. The van der Waals surface area contributed by atoms with Gasteiger partial charge < -0.3 is 4.74 Å². The Morgan fingerprint density at radius 2 is 2.21 bits per heavy atom. The number of hydrogen-bond acceptors (Lipinski definition) is 2. The molecule has 3 nitrogen and oxygen atoms in total. The summed E-state index contributed by atoms with van der Waals surface area (Å²) in [5.74, 6) is 0.874. The van der Waals surface area contributed by atoms with E-state index in [9.17, 15) is 0 Å². The van der Waals surface area contributed by atoms with Gasteiger partial charge in [-0.2, -0.15) is 5.10 Å². The summed E-state index contributed by atoms with van der Waals surface area (Å²) in [6, 6.07) is 7.84. The van der Waals surface area contributed by atoms with Crippen molar-refractivity contribution in [2.75, 3.05) is 7.11 Å². The molecule has 0 N–H and O–H groups in total. The molecule has 0 amide bonds. The van der Waals surface area contributed by atoms with E-state index in [4.69, 9.17) is 4.74 Å². The molecule has 1 aromatic carbocycles. The fraction of sp³-hybridized carbons (Fsp3) is 0.182. The first-order valence-corrected chi connectivity index (χ1v) is 4.46. The second kappa shape index (κ2) is 3.54.